The van der Waals surface area contributed by atoms with Gasteiger partial charge in [0, 0.05) is 7.11 Å². The van der Waals surface area contributed by atoms with Crippen molar-refractivity contribution in [2.75, 3.05) is 13.7 Å². The molecule has 0 aromatic heterocycles. The quantitative estimate of drug-likeness (QED) is 0.663. The number of benzene rings is 1. The lowest BCUT2D eigenvalue weighted by Crippen LogP contribution is -2.45. The first-order valence-corrected chi connectivity index (χ1v) is 7.68. The van der Waals surface area contributed by atoms with E-state index in [1.807, 2.05) is 0 Å². The van der Waals surface area contributed by atoms with Crippen molar-refractivity contribution in [2.24, 2.45) is 5.92 Å². The Labute approximate surface area is 141 Å². The highest BCUT2D eigenvalue weighted by Crippen LogP contribution is 2.17. The fourth-order valence-corrected chi connectivity index (χ4v) is 2.23. The molecule has 1 rings (SSSR count). The number of carbonyl (C=O) groups excluding carboxylic acids is 2. The van der Waals surface area contributed by atoms with Crippen molar-refractivity contribution in [1.82, 2.24) is 5.32 Å². The molecule has 1 aromatic carbocycles. The van der Waals surface area contributed by atoms with Crippen molar-refractivity contribution >= 4 is 17.8 Å². The third-order valence-electron chi connectivity index (χ3n) is 3.47. The monoisotopic (exact) mass is 337 g/mol. The molecule has 0 saturated carbocycles. The van der Waals surface area contributed by atoms with Crippen LogP contribution in [0.1, 0.15) is 31.9 Å². The number of ether oxygens (including phenoxy) is 2. The minimum atomic E-state index is -1.22. The Hall–Kier alpha value is -2.41. The van der Waals surface area contributed by atoms with E-state index in [9.17, 15) is 19.5 Å². The SMILES string of the molecule is CCOC(=O)[C@@H](C)C[C@@H](NC(=O)[C@@H](OC)c1ccccc1)C(=O)O. The fourth-order valence-electron chi connectivity index (χ4n) is 2.23. The van der Waals surface area contributed by atoms with E-state index in [2.05, 4.69) is 5.32 Å². The molecular formula is C17H23NO6. The number of carbonyl (C=O) groups is 3. The summed E-state index contributed by atoms with van der Waals surface area (Å²) in [6.45, 7) is 3.45. The maximum atomic E-state index is 12.4. The summed E-state index contributed by atoms with van der Waals surface area (Å²) in [4.78, 5) is 35.4. The van der Waals surface area contributed by atoms with Crippen molar-refractivity contribution in [1.29, 1.82) is 0 Å². The van der Waals surface area contributed by atoms with Gasteiger partial charge < -0.3 is 19.9 Å². The van der Waals surface area contributed by atoms with Crippen LogP contribution in [0.4, 0.5) is 0 Å². The Morgan fingerprint density at radius 1 is 1.21 bits per heavy atom. The molecule has 1 amide bonds. The van der Waals surface area contributed by atoms with Crippen LogP contribution in [0, 0.1) is 5.92 Å². The molecule has 7 nitrogen and oxygen atoms in total. The first kappa shape index (κ1) is 19.6. The molecule has 1 aromatic rings. The van der Waals surface area contributed by atoms with Gasteiger partial charge in [-0.05, 0) is 18.9 Å². The number of carboxylic acids is 1. The van der Waals surface area contributed by atoms with Crippen LogP contribution < -0.4 is 5.32 Å². The lowest BCUT2D eigenvalue weighted by Gasteiger charge is -2.21. The van der Waals surface area contributed by atoms with Gasteiger partial charge in [0.1, 0.15) is 6.04 Å². The summed E-state index contributed by atoms with van der Waals surface area (Å²) in [6.07, 6.45) is -0.989. The van der Waals surface area contributed by atoms with Gasteiger partial charge in [0.15, 0.2) is 6.10 Å². The average Bonchev–Trinajstić information content (AvgIpc) is 2.55. The average molecular weight is 337 g/mol. The molecule has 0 aliphatic heterocycles. The molecule has 0 spiro atoms. The van der Waals surface area contributed by atoms with E-state index in [0.29, 0.717) is 5.56 Å². The van der Waals surface area contributed by atoms with Gasteiger partial charge in [-0.1, -0.05) is 37.3 Å². The van der Waals surface area contributed by atoms with Crippen LogP contribution in [-0.4, -0.2) is 42.7 Å². The molecule has 0 fully saturated rings. The first-order chi connectivity index (χ1) is 11.4. The molecule has 132 valence electrons. The Morgan fingerprint density at radius 3 is 2.33 bits per heavy atom. The van der Waals surface area contributed by atoms with E-state index in [-0.39, 0.29) is 13.0 Å². The van der Waals surface area contributed by atoms with Crippen LogP contribution in [0.15, 0.2) is 30.3 Å². The second-order valence-electron chi connectivity index (χ2n) is 5.31. The molecule has 0 heterocycles. The predicted molar refractivity (Wildman–Crippen MR) is 86.2 cm³/mol. The number of aliphatic carboxylic acids is 1. The van der Waals surface area contributed by atoms with Gasteiger partial charge in [-0.15, -0.1) is 0 Å². The zero-order chi connectivity index (χ0) is 18.1. The van der Waals surface area contributed by atoms with Crippen molar-refractivity contribution in [3.05, 3.63) is 35.9 Å². The van der Waals surface area contributed by atoms with Crippen LogP contribution >= 0.6 is 0 Å². The van der Waals surface area contributed by atoms with E-state index in [0.717, 1.165) is 0 Å². The van der Waals surface area contributed by atoms with Gasteiger partial charge in [-0.3, -0.25) is 9.59 Å². The minimum Gasteiger partial charge on any atom is -0.480 e. The second kappa shape index (κ2) is 9.67. The number of methoxy groups -OCH3 is 1. The number of hydrogen-bond donors (Lipinski definition) is 2. The van der Waals surface area contributed by atoms with Crippen molar-refractivity contribution in [2.45, 2.75) is 32.4 Å². The molecular weight excluding hydrogens is 314 g/mol. The molecule has 2 N–H and O–H groups in total. The van der Waals surface area contributed by atoms with Gasteiger partial charge >= 0.3 is 11.9 Å². The first-order valence-electron chi connectivity index (χ1n) is 7.68. The summed E-state index contributed by atoms with van der Waals surface area (Å²) in [5, 5.41) is 11.7. The smallest absolute Gasteiger partial charge is 0.326 e. The normalized spacial score (nSPS) is 14.3. The van der Waals surface area contributed by atoms with Gasteiger partial charge in [-0.2, -0.15) is 0 Å². The number of rotatable bonds is 9. The van der Waals surface area contributed by atoms with Crippen LogP contribution in [0.25, 0.3) is 0 Å². The lowest BCUT2D eigenvalue weighted by molar-refractivity contribution is -0.150. The maximum Gasteiger partial charge on any atom is 0.326 e. The third-order valence-corrected chi connectivity index (χ3v) is 3.47. The molecule has 0 bridgehead atoms. The molecule has 0 radical (unpaired) electrons. The van der Waals surface area contributed by atoms with E-state index in [1.54, 1.807) is 44.2 Å². The summed E-state index contributed by atoms with van der Waals surface area (Å²) >= 11 is 0. The van der Waals surface area contributed by atoms with E-state index >= 15 is 0 Å². The topological polar surface area (TPSA) is 102 Å². The van der Waals surface area contributed by atoms with Crippen LogP contribution in [0.2, 0.25) is 0 Å². The summed E-state index contributed by atoms with van der Waals surface area (Å²) < 4.78 is 10.0. The zero-order valence-electron chi connectivity index (χ0n) is 14.0. The second-order valence-corrected chi connectivity index (χ2v) is 5.31. The number of esters is 1. The molecule has 0 saturated heterocycles. The van der Waals surface area contributed by atoms with E-state index in [4.69, 9.17) is 9.47 Å². The van der Waals surface area contributed by atoms with Gasteiger partial charge in [0.05, 0.1) is 12.5 Å². The van der Waals surface area contributed by atoms with Crippen molar-refractivity contribution in [3.63, 3.8) is 0 Å². The summed E-state index contributed by atoms with van der Waals surface area (Å²) in [5.74, 6) is -2.94. The third kappa shape index (κ3) is 5.66. The van der Waals surface area contributed by atoms with Gasteiger partial charge in [0.2, 0.25) is 0 Å². The molecule has 0 aliphatic rings. The fraction of sp³-hybridized carbons (Fsp3) is 0.471. The largest absolute Gasteiger partial charge is 0.480 e. The molecule has 24 heavy (non-hydrogen) atoms. The zero-order valence-corrected chi connectivity index (χ0v) is 14.0. The summed E-state index contributed by atoms with van der Waals surface area (Å²) in [7, 11) is 1.37. The number of hydrogen-bond acceptors (Lipinski definition) is 5. The Balaban J connectivity index is 2.78. The molecule has 0 aliphatic carbocycles. The molecule has 3 atom stereocenters. The van der Waals surface area contributed by atoms with Crippen LogP contribution in [-0.2, 0) is 23.9 Å². The Bertz CT molecular complexity index is 559. The van der Waals surface area contributed by atoms with Gasteiger partial charge in [0.25, 0.3) is 5.91 Å². The highest BCUT2D eigenvalue weighted by molar-refractivity contribution is 5.87. The predicted octanol–water partition coefficient (Wildman–Crippen LogP) is 1.53. The van der Waals surface area contributed by atoms with E-state index in [1.165, 1.54) is 7.11 Å². The Kier molecular flexibility index (Phi) is 7.91. The van der Waals surface area contributed by atoms with Crippen LogP contribution in [0.5, 0.6) is 0 Å². The standard InChI is InChI=1S/C17H23NO6/c1-4-24-17(22)11(2)10-13(16(20)21)18-15(19)14(23-3)12-8-6-5-7-9-12/h5-9,11,13-14H,4,10H2,1-3H3,(H,18,19)(H,20,21)/t11-,13+,14-/m0/s1. The highest BCUT2D eigenvalue weighted by Gasteiger charge is 2.29. The minimum absolute atomic E-state index is 0.0644. The summed E-state index contributed by atoms with van der Waals surface area (Å²) in [5.41, 5.74) is 0.611. The van der Waals surface area contributed by atoms with Crippen molar-refractivity contribution < 1.29 is 29.0 Å². The van der Waals surface area contributed by atoms with Crippen LogP contribution in [0.3, 0.4) is 0 Å². The number of nitrogens with one attached hydrogen (secondary N) is 1. The van der Waals surface area contributed by atoms with E-state index < -0.39 is 35.9 Å². The van der Waals surface area contributed by atoms with Gasteiger partial charge in [-0.25, -0.2) is 4.79 Å². The number of carboxylic acid groups (broad SMARTS) is 1. The molecule has 7 heteroatoms. The summed E-state index contributed by atoms with van der Waals surface area (Å²) in [6, 6.07) is 7.53. The molecule has 0 unspecified atom stereocenters. The highest BCUT2D eigenvalue weighted by atomic mass is 16.5. The maximum absolute atomic E-state index is 12.4. The Morgan fingerprint density at radius 2 is 1.83 bits per heavy atom. The lowest BCUT2D eigenvalue weighted by atomic mass is 10.0. The number of amides is 1. The van der Waals surface area contributed by atoms with Crippen molar-refractivity contribution in [3.8, 4) is 0 Å².